The third kappa shape index (κ3) is 3.92. The minimum Gasteiger partial charge on any atom is -0.373 e. The zero-order chi connectivity index (χ0) is 24.3. The van der Waals surface area contributed by atoms with E-state index in [4.69, 9.17) is 9.72 Å². The lowest BCUT2D eigenvalue weighted by atomic mass is 10.0. The average molecular weight is 508 g/mol. The van der Waals surface area contributed by atoms with Gasteiger partial charge in [0.1, 0.15) is 0 Å². The van der Waals surface area contributed by atoms with Gasteiger partial charge in [0.05, 0.1) is 27.3 Å². The van der Waals surface area contributed by atoms with Crippen LogP contribution in [0.5, 0.6) is 0 Å². The van der Waals surface area contributed by atoms with Crippen molar-refractivity contribution < 1.29 is 17.9 Å². The first-order valence-electron chi connectivity index (χ1n) is 11.7. The quantitative estimate of drug-likeness (QED) is 0.436. The lowest BCUT2D eigenvalue weighted by molar-refractivity contribution is -0.0440. The van der Waals surface area contributed by atoms with Gasteiger partial charge in [0.15, 0.2) is 5.13 Å². The molecule has 1 aliphatic heterocycles. The third-order valence-corrected chi connectivity index (χ3v) is 9.47. The van der Waals surface area contributed by atoms with E-state index in [-0.39, 0.29) is 23.0 Å². The van der Waals surface area contributed by atoms with E-state index in [1.807, 2.05) is 13.8 Å². The van der Waals surface area contributed by atoms with Gasteiger partial charge in [-0.25, -0.2) is 13.4 Å². The Morgan fingerprint density at radius 2 is 1.77 bits per heavy atom. The highest BCUT2D eigenvalue weighted by Crippen LogP contribution is 2.39. The van der Waals surface area contributed by atoms with Crippen LogP contribution in [0.15, 0.2) is 53.4 Å². The Morgan fingerprint density at radius 3 is 2.51 bits per heavy atom. The predicted octanol–water partition coefficient (Wildman–Crippen LogP) is 4.60. The number of aryl methyl sites for hydroxylation is 2. The van der Waals surface area contributed by atoms with Crippen LogP contribution in [0.1, 0.15) is 35.3 Å². The molecule has 4 aromatic rings. The molecule has 0 radical (unpaired) electrons. The Kier molecular flexibility index (Phi) is 5.41. The molecule has 1 aromatic heterocycles. The Morgan fingerprint density at radius 1 is 1.06 bits per heavy atom. The van der Waals surface area contributed by atoms with Crippen LogP contribution < -0.4 is 5.32 Å². The maximum absolute atomic E-state index is 13.1. The molecule has 35 heavy (non-hydrogen) atoms. The number of carbonyl (C=O) groups is 1. The van der Waals surface area contributed by atoms with Gasteiger partial charge in [-0.2, -0.15) is 4.31 Å². The van der Waals surface area contributed by atoms with Gasteiger partial charge < -0.3 is 4.74 Å². The average Bonchev–Trinajstić information content (AvgIpc) is 3.43. The molecule has 0 spiro atoms. The number of fused-ring (bicyclic) bond motifs is 2. The number of nitrogens with one attached hydrogen (secondary N) is 1. The topological polar surface area (TPSA) is 88.6 Å². The molecular weight excluding hydrogens is 482 g/mol. The van der Waals surface area contributed by atoms with Crippen LogP contribution in [0.4, 0.5) is 5.13 Å². The van der Waals surface area contributed by atoms with Crippen molar-refractivity contribution in [2.45, 2.75) is 43.8 Å². The highest BCUT2D eigenvalue weighted by Gasteiger charge is 2.32. The number of nitrogens with zero attached hydrogens (tertiary/aromatic N) is 2. The van der Waals surface area contributed by atoms with E-state index in [1.165, 1.54) is 44.3 Å². The molecule has 0 unspecified atom stereocenters. The summed E-state index contributed by atoms with van der Waals surface area (Å²) in [6.07, 6.45) is 1.76. The molecule has 1 N–H and O–H groups in total. The van der Waals surface area contributed by atoms with Crippen molar-refractivity contribution in [2.75, 3.05) is 18.4 Å². The van der Waals surface area contributed by atoms with Crippen LogP contribution >= 0.6 is 11.3 Å². The van der Waals surface area contributed by atoms with Gasteiger partial charge in [0.25, 0.3) is 5.91 Å². The SMILES string of the molecule is C[C@@H]1CN(S(=O)(=O)c2ccc(C(=O)Nc3nc4c(cc5c6c(cccc64)CC5)s3)cc2)C[C@@H](C)O1. The smallest absolute Gasteiger partial charge is 0.257 e. The van der Waals surface area contributed by atoms with E-state index in [1.54, 1.807) is 12.1 Å². The molecule has 180 valence electrons. The summed E-state index contributed by atoms with van der Waals surface area (Å²) in [5, 5.41) is 5.85. The number of morpholine rings is 1. The standard InChI is InChI=1S/C26H25N3O4S2/c1-15-13-29(14-16(2)33-15)35(31,32)20-10-8-18(9-11-20)25(30)28-26-27-24-21-5-3-4-17-6-7-19(23(17)21)12-22(24)34-26/h3-5,8-12,15-16H,6-7,13-14H2,1-2H3,(H,27,28,30)/t15-,16-/m1/s1. The molecule has 0 bridgehead atoms. The minimum atomic E-state index is -3.66. The lowest BCUT2D eigenvalue weighted by Gasteiger charge is -2.34. The number of hydrogen-bond acceptors (Lipinski definition) is 6. The first kappa shape index (κ1) is 22.6. The molecule has 9 heteroatoms. The minimum absolute atomic E-state index is 0.166. The highest BCUT2D eigenvalue weighted by molar-refractivity contribution is 7.89. The number of sulfonamides is 1. The first-order chi connectivity index (χ1) is 16.8. The van der Waals surface area contributed by atoms with Crippen molar-refractivity contribution in [3.05, 3.63) is 65.2 Å². The fraction of sp³-hybridized carbons (Fsp3) is 0.308. The van der Waals surface area contributed by atoms with Crippen molar-refractivity contribution in [3.8, 4) is 0 Å². The Bertz CT molecular complexity index is 1570. The lowest BCUT2D eigenvalue weighted by Crippen LogP contribution is -2.48. The summed E-state index contributed by atoms with van der Waals surface area (Å²) in [5.41, 5.74) is 3.98. The molecule has 2 heterocycles. The van der Waals surface area contributed by atoms with Crippen LogP contribution in [0, 0.1) is 0 Å². The molecule has 1 saturated heterocycles. The molecule has 0 saturated carbocycles. The summed E-state index contributed by atoms with van der Waals surface area (Å²) in [6, 6.07) is 14.6. The number of benzene rings is 3. The van der Waals surface area contributed by atoms with Crippen molar-refractivity contribution >= 4 is 53.4 Å². The second-order valence-electron chi connectivity index (χ2n) is 9.30. The van der Waals surface area contributed by atoms with Crippen molar-refractivity contribution in [2.24, 2.45) is 0 Å². The van der Waals surface area contributed by atoms with E-state index in [2.05, 4.69) is 29.6 Å². The third-order valence-electron chi connectivity index (χ3n) is 6.71. The maximum atomic E-state index is 13.1. The summed E-state index contributed by atoms with van der Waals surface area (Å²) in [6.45, 7) is 4.35. The number of amides is 1. The fourth-order valence-electron chi connectivity index (χ4n) is 5.18. The zero-order valence-electron chi connectivity index (χ0n) is 19.4. The van der Waals surface area contributed by atoms with Gasteiger partial charge in [-0.15, -0.1) is 0 Å². The summed E-state index contributed by atoms with van der Waals surface area (Å²) in [7, 11) is -3.66. The zero-order valence-corrected chi connectivity index (χ0v) is 21.1. The Balaban J connectivity index is 1.24. The number of rotatable bonds is 4. The molecule has 1 amide bonds. The van der Waals surface area contributed by atoms with E-state index >= 15 is 0 Å². The normalized spacial score (nSPS) is 20.5. The molecule has 2 atom stereocenters. The molecular formula is C26H25N3O4S2. The number of anilines is 1. The van der Waals surface area contributed by atoms with Crippen LogP contribution in [-0.2, 0) is 27.6 Å². The van der Waals surface area contributed by atoms with Crippen molar-refractivity contribution in [1.29, 1.82) is 0 Å². The fourth-order valence-corrected chi connectivity index (χ4v) is 7.71. The largest absolute Gasteiger partial charge is 0.373 e. The van der Waals surface area contributed by atoms with Crippen LogP contribution in [-0.4, -0.2) is 48.9 Å². The molecule has 6 rings (SSSR count). The van der Waals surface area contributed by atoms with Crippen LogP contribution in [0.3, 0.4) is 0 Å². The molecule has 3 aromatic carbocycles. The van der Waals surface area contributed by atoms with Crippen LogP contribution in [0.25, 0.3) is 21.0 Å². The van der Waals surface area contributed by atoms with Gasteiger partial charge in [-0.3, -0.25) is 10.1 Å². The van der Waals surface area contributed by atoms with Gasteiger partial charge >= 0.3 is 0 Å². The first-order valence-corrected chi connectivity index (χ1v) is 14.0. The Hall–Kier alpha value is -2.85. The van der Waals surface area contributed by atoms with Gasteiger partial charge in [-0.1, -0.05) is 29.5 Å². The van der Waals surface area contributed by atoms with E-state index in [0.29, 0.717) is 23.8 Å². The number of aromatic nitrogens is 1. The van der Waals surface area contributed by atoms with E-state index in [9.17, 15) is 13.2 Å². The molecule has 2 aliphatic rings. The summed E-state index contributed by atoms with van der Waals surface area (Å²) in [5.74, 6) is -0.320. The summed E-state index contributed by atoms with van der Waals surface area (Å²) in [4.78, 5) is 17.8. The number of carbonyl (C=O) groups excluding carboxylic acids is 1. The van der Waals surface area contributed by atoms with Gasteiger partial charge in [0, 0.05) is 24.0 Å². The molecule has 1 aliphatic carbocycles. The second kappa shape index (κ2) is 8.37. The highest BCUT2D eigenvalue weighted by atomic mass is 32.2. The second-order valence-corrected chi connectivity index (χ2v) is 12.3. The molecule has 1 fully saturated rings. The predicted molar refractivity (Wildman–Crippen MR) is 138 cm³/mol. The number of ether oxygens (including phenoxy) is 1. The summed E-state index contributed by atoms with van der Waals surface area (Å²) >= 11 is 1.46. The van der Waals surface area contributed by atoms with Crippen LogP contribution in [0.2, 0.25) is 0 Å². The van der Waals surface area contributed by atoms with Gasteiger partial charge in [-0.05, 0) is 73.5 Å². The monoisotopic (exact) mass is 507 g/mol. The number of thiazole rings is 1. The van der Waals surface area contributed by atoms with E-state index < -0.39 is 10.0 Å². The van der Waals surface area contributed by atoms with Gasteiger partial charge in [0.2, 0.25) is 10.0 Å². The Labute approximate surface area is 207 Å². The van der Waals surface area contributed by atoms with Crippen molar-refractivity contribution in [3.63, 3.8) is 0 Å². The number of hydrogen-bond donors (Lipinski definition) is 1. The summed E-state index contributed by atoms with van der Waals surface area (Å²) < 4.78 is 34.3. The van der Waals surface area contributed by atoms with E-state index in [0.717, 1.165) is 28.4 Å². The maximum Gasteiger partial charge on any atom is 0.257 e. The molecule has 7 nitrogen and oxygen atoms in total. The van der Waals surface area contributed by atoms with Crippen molar-refractivity contribution in [1.82, 2.24) is 9.29 Å².